The monoisotopic (exact) mass is 284 g/mol. The summed E-state index contributed by atoms with van der Waals surface area (Å²) < 4.78 is 0.757. The summed E-state index contributed by atoms with van der Waals surface area (Å²) in [6, 6.07) is 1.73. The Kier molecular flexibility index (Phi) is 3.63. The molecule has 1 aromatic heterocycles. The molecule has 1 fully saturated rings. The van der Waals surface area contributed by atoms with Gasteiger partial charge in [0.1, 0.15) is 10.4 Å². The van der Waals surface area contributed by atoms with E-state index in [0.29, 0.717) is 5.82 Å². The Morgan fingerprint density at radius 2 is 2.19 bits per heavy atom. The van der Waals surface area contributed by atoms with E-state index in [9.17, 15) is 0 Å². The van der Waals surface area contributed by atoms with E-state index < -0.39 is 0 Å². The molecule has 0 saturated carbocycles. The van der Waals surface area contributed by atoms with Gasteiger partial charge in [0, 0.05) is 19.2 Å². The highest BCUT2D eigenvalue weighted by molar-refractivity contribution is 9.10. The van der Waals surface area contributed by atoms with Gasteiger partial charge in [0.25, 0.3) is 0 Å². The van der Waals surface area contributed by atoms with E-state index in [0.717, 1.165) is 29.6 Å². The van der Waals surface area contributed by atoms with Crippen LogP contribution in [0.2, 0.25) is 0 Å². The van der Waals surface area contributed by atoms with Crippen molar-refractivity contribution in [3.63, 3.8) is 0 Å². The van der Waals surface area contributed by atoms with Crippen LogP contribution in [0.25, 0.3) is 0 Å². The molecule has 1 aliphatic rings. The van der Waals surface area contributed by atoms with Gasteiger partial charge in [-0.2, -0.15) is 4.98 Å². The van der Waals surface area contributed by atoms with Gasteiger partial charge >= 0.3 is 0 Å². The largest absolute Gasteiger partial charge is 0.383 e. The lowest BCUT2D eigenvalue weighted by Crippen LogP contribution is -2.26. The van der Waals surface area contributed by atoms with Gasteiger partial charge in [0.2, 0.25) is 5.95 Å². The number of halogens is 1. The van der Waals surface area contributed by atoms with Gasteiger partial charge in [0.05, 0.1) is 0 Å². The minimum Gasteiger partial charge on any atom is -0.383 e. The predicted octanol–water partition coefficient (Wildman–Crippen LogP) is 2.45. The van der Waals surface area contributed by atoms with Crippen LogP contribution in [-0.4, -0.2) is 23.1 Å². The fourth-order valence-electron chi connectivity index (χ4n) is 2.03. The first kappa shape index (κ1) is 11.6. The van der Waals surface area contributed by atoms with Crippen molar-refractivity contribution in [3.05, 3.63) is 10.7 Å². The Bertz CT molecular complexity index is 349. The van der Waals surface area contributed by atoms with Crippen molar-refractivity contribution in [2.24, 2.45) is 5.92 Å². The number of nitrogens with two attached hydrogens (primary N) is 1. The van der Waals surface area contributed by atoms with Crippen molar-refractivity contribution < 1.29 is 0 Å². The lowest BCUT2D eigenvalue weighted by Gasteiger charge is -2.20. The van der Waals surface area contributed by atoms with E-state index in [1.54, 1.807) is 6.07 Å². The molecule has 1 saturated heterocycles. The number of nitrogens with zero attached hydrogens (tertiary/aromatic N) is 3. The van der Waals surface area contributed by atoms with Gasteiger partial charge in [-0.25, -0.2) is 4.98 Å². The molecule has 16 heavy (non-hydrogen) atoms. The first-order chi connectivity index (χ1) is 7.65. The second kappa shape index (κ2) is 4.99. The minimum absolute atomic E-state index is 0.522. The van der Waals surface area contributed by atoms with Gasteiger partial charge in [-0.1, -0.05) is 6.92 Å². The Balaban J connectivity index is 2.16. The van der Waals surface area contributed by atoms with Crippen molar-refractivity contribution in [1.82, 2.24) is 9.97 Å². The van der Waals surface area contributed by atoms with Crippen molar-refractivity contribution in [2.75, 3.05) is 23.7 Å². The van der Waals surface area contributed by atoms with Crippen molar-refractivity contribution in [3.8, 4) is 0 Å². The van der Waals surface area contributed by atoms with E-state index in [1.165, 1.54) is 19.3 Å². The van der Waals surface area contributed by atoms with Gasteiger partial charge in [-0.15, -0.1) is 0 Å². The first-order valence-corrected chi connectivity index (χ1v) is 6.49. The average molecular weight is 285 g/mol. The van der Waals surface area contributed by atoms with Crippen LogP contribution in [-0.2, 0) is 0 Å². The van der Waals surface area contributed by atoms with E-state index in [2.05, 4.69) is 37.7 Å². The lowest BCUT2D eigenvalue weighted by atomic mass is 10.0. The zero-order valence-electron chi connectivity index (χ0n) is 9.49. The lowest BCUT2D eigenvalue weighted by molar-refractivity contribution is 0.521. The smallest absolute Gasteiger partial charge is 0.228 e. The number of nitrogen functional groups attached to an aromatic ring is 1. The summed E-state index contributed by atoms with van der Waals surface area (Å²) in [5.74, 6) is 2.07. The van der Waals surface area contributed by atoms with Crippen LogP contribution in [0.1, 0.15) is 26.2 Å². The molecule has 4 nitrogen and oxygen atoms in total. The van der Waals surface area contributed by atoms with Crippen LogP contribution in [0.3, 0.4) is 0 Å². The Labute approximate surface area is 104 Å². The molecule has 0 amide bonds. The molecule has 2 N–H and O–H groups in total. The molecule has 2 rings (SSSR count). The molecule has 5 heteroatoms. The average Bonchev–Trinajstić information content (AvgIpc) is 2.41. The molecule has 1 aromatic rings. The van der Waals surface area contributed by atoms with E-state index in [1.807, 2.05) is 0 Å². The van der Waals surface area contributed by atoms with Gasteiger partial charge in [-0.3, -0.25) is 0 Å². The van der Waals surface area contributed by atoms with Crippen LogP contribution in [0.15, 0.2) is 10.7 Å². The summed E-state index contributed by atoms with van der Waals surface area (Å²) in [5.41, 5.74) is 5.72. The molecule has 2 heterocycles. The molecule has 0 bridgehead atoms. The third kappa shape index (κ3) is 2.84. The molecular weight excluding hydrogens is 268 g/mol. The zero-order valence-corrected chi connectivity index (χ0v) is 11.1. The summed E-state index contributed by atoms with van der Waals surface area (Å²) >= 11 is 3.35. The highest BCUT2D eigenvalue weighted by atomic mass is 79.9. The van der Waals surface area contributed by atoms with Crippen molar-refractivity contribution in [2.45, 2.75) is 26.2 Å². The van der Waals surface area contributed by atoms with Gasteiger partial charge in [-0.05, 0) is 41.1 Å². The van der Waals surface area contributed by atoms with Crippen molar-refractivity contribution in [1.29, 1.82) is 0 Å². The third-order valence-corrected chi connectivity index (χ3v) is 3.41. The summed E-state index contributed by atoms with van der Waals surface area (Å²) in [5, 5.41) is 0. The second-order valence-electron chi connectivity index (χ2n) is 4.44. The normalized spacial score (nSPS) is 21.9. The standard InChI is InChI=1S/C11H17BrN4/c1-8-3-2-5-16(6-4-8)11-14-9(12)7-10(13)15-11/h7-8H,2-6H2,1H3,(H2,13,14,15). The van der Waals surface area contributed by atoms with E-state index in [-0.39, 0.29) is 0 Å². The molecule has 0 aromatic carbocycles. The molecule has 0 radical (unpaired) electrons. The maximum Gasteiger partial charge on any atom is 0.228 e. The van der Waals surface area contributed by atoms with Gasteiger partial charge in [0.15, 0.2) is 0 Å². The fourth-order valence-corrected chi connectivity index (χ4v) is 2.42. The summed E-state index contributed by atoms with van der Waals surface area (Å²) in [4.78, 5) is 10.9. The molecule has 1 unspecified atom stereocenters. The SMILES string of the molecule is CC1CCCN(c2nc(N)cc(Br)n2)CC1. The molecule has 0 spiro atoms. The van der Waals surface area contributed by atoms with Crippen LogP contribution in [0, 0.1) is 5.92 Å². The topological polar surface area (TPSA) is 55.0 Å². The highest BCUT2D eigenvalue weighted by Gasteiger charge is 2.16. The predicted molar refractivity (Wildman–Crippen MR) is 69.4 cm³/mol. The number of hydrogen-bond acceptors (Lipinski definition) is 4. The summed E-state index contributed by atoms with van der Waals surface area (Å²) in [6.45, 7) is 4.36. The fraction of sp³-hybridized carbons (Fsp3) is 0.636. The molecule has 1 atom stereocenters. The molecule has 88 valence electrons. The highest BCUT2D eigenvalue weighted by Crippen LogP contribution is 2.21. The maximum atomic E-state index is 5.72. The number of anilines is 2. The second-order valence-corrected chi connectivity index (χ2v) is 5.25. The quantitative estimate of drug-likeness (QED) is 0.805. The Morgan fingerprint density at radius 1 is 1.38 bits per heavy atom. The summed E-state index contributed by atoms with van der Waals surface area (Å²) in [6.07, 6.45) is 3.70. The third-order valence-electron chi connectivity index (χ3n) is 3.00. The Hall–Kier alpha value is -0.840. The van der Waals surface area contributed by atoms with Crippen LogP contribution in [0.4, 0.5) is 11.8 Å². The van der Waals surface area contributed by atoms with Gasteiger partial charge < -0.3 is 10.6 Å². The number of hydrogen-bond donors (Lipinski definition) is 1. The number of aromatic nitrogens is 2. The van der Waals surface area contributed by atoms with Crippen LogP contribution >= 0.6 is 15.9 Å². The molecule has 1 aliphatic heterocycles. The Morgan fingerprint density at radius 3 is 2.94 bits per heavy atom. The van der Waals surface area contributed by atoms with E-state index in [4.69, 9.17) is 5.73 Å². The summed E-state index contributed by atoms with van der Waals surface area (Å²) in [7, 11) is 0. The maximum absolute atomic E-state index is 5.72. The van der Waals surface area contributed by atoms with E-state index >= 15 is 0 Å². The number of rotatable bonds is 1. The zero-order chi connectivity index (χ0) is 11.5. The van der Waals surface area contributed by atoms with Crippen LogP contribution in [0.5, 0.6) is 0 Å². The molecule has 0 aliphatic carbocycles. The van der Waals surface area contributed by atoms with Crippen LogP contribution < -0.4 is 10.6 Å². The molecular formula is C11H17BrN4. The first-order valence-electron chi connectivity index (χ1n) is 5.70. The minimum atomic E-state index is 0.522. The van der Waals surface area contributed by atoms with Crippen molar-refractivity contribution >= 4 is 27.7 Å².